The Morgan fingerprint density at radius 2 is 2.19 bits per heavy atom. The smallest absolute Gasteiger partial charge is 0.0619 e. The fraction of sp³-hybridized carbons (Fsp3) is 0.571. The van der Waals surface area contributed by atoms with Gasteiger partial charge in [0.1, 0.15) is 0 Å². The summed E-state index contributed by atoms with van der Waals surface area (Å²) in [7, 11) is 0. The summed E-state index contributed by atoms with van der Waals surface area (Å²) in [4.78, 5) is 1.36. The molecule has 1 aliphatic rings. The lowest BCUT2D eigenvalue weighted by atomic mass is 9.89. The molecular formula is C14H20OS. The molecule has 0 saturated carbocycles. The van der Waals surface area contributed by atoms with Crippen molar-refractivity contribution < 1.29 is 5.11 Å². The third-order valence-electron chi connectivity index (χ3n) is 3.54. The van der Waals surface area contributed by atoms with Crippen LogP contribution in [0.3, 0.4) is 0 Å². The molecule has 0 aromatic heterocycles. The van der Waals surface area contributed by atoms with E-state index in [4.69, 9.17) is 0 Å². The Kier molecular flexibility index (Phi) is 3.93. The highest BCUT2D eigenvalue weighted by Gasteiger charge is 2.29. The molecule has 0 aliphatic carbocycles. The Morgan fingerprint density at radius 3 is 2.94 bits per heavy atom. The van der Waals surface area contributed by atoms with Crippen molar-refractivity contribution in [1.29, 1.82) is 0 Å². The molecule has 0 spiro atoms. The highest BCUT2D eigenvalue weighted by molar-refractivity contribution is 7.99. The molecular weight excluding hydrogens is 216 g/mol. The van der Waals surface area contributed by atoms with Gasteiger partial charge in [0, 0.05) is 16.6 Å². The summed E-state index contributed by atoms with van der Waals surface area (Å²) >= 11 is 1.88. The zero-order valence-corrected chi connectivity index (χ0v) is 10.8. The van der Waals surface area contributed by atoms with E-state index in [9.17, 15) is 5.11 Å². The Bertz CT molecular complexity index is 350. The topological polar surface area (TPSA) is 20.2 Å². The minimum absolute atomic E-state index is 0.175. The molecule has 2 rings (SSSR count). The summed E-state index contributed by atoms with van der Waals surface area (Å²) in [6.45, 7) is 4.41. The van der Waals surface area contributed by atoms with E-state index in [1.807, 2.05) is 11.8 Å². The Balaban J connectivity index is 2.07. The number of aliphatic hydroxyl groups excluding tert-OH is 1. The molecule has 1 heterocycles. The van der Waals surface area contributed by atoms with Gasteiger partial charge in [0.05, 0.1) is 6.10 Å². The van der Waals surface area contributed by atoms with E-state index < -0.39 is 0 Å². The van der Waals surface area contributed by atoms with Gasteiger partial charge in [-0.3, -0.25) is 0 Å². The molecule has 1 aromatic carbocycles. The summed E-state index contributed by atoms with van der Waals surface area (Å²) in [5, 5.41) is 10.3. The summed E-state index contributed by atoms with van der Waals surface area (Å²) in [5.74, 6) is 2.00. The number of fused-ring (bicyclic) bond motifs is 1. The average Bonchev–Trinajstić information content (AvgIpc) is 2.72. The van der Waals surface area contributed by atoms with Crippen molar-refractivity contribution in [2.24, 2.45) is 5.92 Å². The van der Waals surface area contributed by atoms with Crippen molar-refractivity contribution in [3.05, 3.63) is 29.8 Å². The molecule has 3 atom stereocenters. The van der Waals surface area contributed by atoms with Crippen molar-refractivity contribution in [3.63, 3.8) is 0 Å². The van der Waals surface area contributed by atoms with Crippen LogP contribution >= 0.6 is 11.8 Å². The molecule has 88 valence electrons. The van der Waals surface area contributed by atoms with Crippen LogP contribution in [0.1, 0.15) is 38.2 Å². The fourth-order valence-electron chi connectivity index (χ4n) is 2.25. The highest BCUT2D eigenvalue weighted by atomic mass is 32.2. The summed E-state index contributed by atoms with van der Waals surface area (Å²) < 4.78 is 0. The summed E-state index contributed by atoms with van der Waals surface area (Å²) in [5.41, 5.74) is 1.35. The maximum atomic E-state index is 10.3. The third kappa shape index (κ3) is 2.44. The molecule has 16 heavy (non-hydrogen) atoms. The standard InChI is InChI=1S/C14H20OS/c1-3-10(2)8-13(15)12-9-16-14-7-5-4-6-11(12)14/h4-7,10,12-13,15H,3,8-9H2,1-2H3. The molecule has 3 unspecified atom stereocenters. The van der Waals surface area contributed by atoms with Crippen molar-refractivity contribution >= 4 is 11.8 Å². The number of thioether (sulfide) groups is 1. The third-order valence-corrected chi connectivity index (χ3v) is 4.75. The second kappa shape index (κ2) is 5.24. The zero-order valence-electron chi connectivity index (χ0n) is 10.0. The van der Waals surface area contributed by atoms with Gasteiger partial charge in [0.15, 0.2) is 0 Å². The molecule has 1 aromatic rings. The Labute approximate surface area is 102 Å². The number of rotatable bonds is 4. The van der Waals surface area contributed by atoms with Gasteiger partial charge in [-0.05, 0) is 24.0 Å². The van der Waals surface area contributed by atoms with Crippen molar-refractivity contribution in [2.45, 2.75) is 43.6 Å². The first-order valence-electron chi connectivity index (χ1n) is 6.12. The maximum absolute atomic E-state index is 10.3. The van der Waals surface area contributed by atoms with Crippen LogP contribution in [-0.2, 0) is 0 Å². The van der Waals surface area contributed by atoms with E-state index in [0.29, 0.717) is 11.8 Å². The van der Waals surface area contributed by atoms with Gasteiger partial charge in [-0.2, -0.15) is 0 Å². The van der Waals surface area contributed by atoms with Crippen molar-refractivity contribution in [1.82, 2.24) is 0 Å². The van der Waals surface area contributed by atoms with Crippen LogP contribution in [0.5, 0.6) is 0 Å². The summed E-state index contributed by atoms with van der Waals surface area (Å²) in [6.07, 6.45) is 1.90. The molecule has 2 heteroatoms. The van der Waals surface area contributed by atoms with Gasteiger partial charge in [-0.25, -0.2) is 0 Å². The lowest BCUT2D eigenvalue weighted by molar-refractivity contribution is 0.123. The first-order valence-corrected chi connectivity index (χ1v) is 7.10. The van der Waals surface area contributed by atoms with Crippen LogP contribution in [0.15, 0.2) is 29.2 Å². The molecule has 0 radical (unpaired) electrons. The highest BCUT2D eigenvalue weighted by Crippen LogP contribution is 2.42. The van der Waals surface area contributed by atoms with Crippen molar-refractivity contribution in [2.75, 3.05) is 5.75 Å². The zero-order chi connectivity index (χ0) is 11.5. The molecule has 1 nitrogen and oxygen atoms in total. The van der Waals surface area contributed by atoms with Gasteiger partial charge < -0.3 is 5.11 Å². The predicted molar refractivity (Wildman–Crippen MR) is 70.0 cm³/mol. The van der Waals surface area contributed by atoms with Gasteiger partial charge in [0.25, 0.3) is 0 Å². The predicted octanol–water partition coefficient (Wildman–Crippen LogP) is 3.67. The Hall–Kier alpha value is -0.470. The minimum atomic E-state index is -0.175. The quantitative estimate of drug-likeness (QED) is 0.860. The van der Waals surface area contributed by atoms with E-state index in [2.05, 4.69) is 38.1 Å². The number of hydrogen-bond acceptors (Lipinski definition) is 2. The van der Waals surface area contributed by atoms with E-state index >= 15 is 0 Å². The normalized spacial score (nSPS) is 22.8. The molecule has 0 saturated heterocycles. The van der Waals surface area contributed by atoms with Gasteiger partial charge in [-0.1, -0.05) is 38.5 Å². The SMILES string of the molecule is CCC(C)CC(O)C1CSc2ccccc21. The van der Waals surface area contributed by atoms with Crippen LogP contribution in [0.2, 0.25) is 0 Å². The average molecular weight is 236 g/mol. The van der Waals surface area contributed by atoms with Gasteiger partial charge in [0.2, 0.25) is 0 Å². The minimum Gasteiger partial charge on any atom is -0.392 e. The largest absolute Gasteiger partial charge is 0.392 e. The molecule has 0 amide bonds. The van der Waals surface area contributed by atoms with Crippen molar-refractivity contribution in [3.8, 4) is 0 Å². The lowest BCUT2D eigenvalue weighted by Crippen LogP contribution is -2.21. The number of benzene rings is 1. The van der Waals surface area contributed by atoms with E-state index in [0.717, 1.165) is 18.6 Å². The molecule has 0 fully saturated rings. The van der Waals surface area contributed by atoms with Gasteiger partial charge in [-0.15, -0.1) is 11.8 Å². The second-order valence-electron chi connectivity index (χ2n) is 4.77. The first kappa shape index (κ1) is 12.0. The Morgan fingerprint density at radius 1 is 1.44 bits per heavy atom. The number of aliphatic hydroxyl groups is 1. The van der Waals surface area contributed by atoms with Crippen LogP contribution < -0.4 is 0 Å². The van der Waals surface area contributed by atoms with Crippen LogP contribution in [-0.4, -0.2) is 17.0 Å². The van der Waals surface area contributed by atoms with E-state index in [1.54, 1.807) is 0 Å². The lowest BCUT2D eigenvalue weighted by Gasteiger charge is -2.21. The first-order chi connectivity index (χ1) is 7.72. The monoisotopic (exact) mass is 236 g/mol. The molecule has 1 N–H and O–H groups in total. The summed E-state index contributed by atoms with van der Waals surface area (Å²) in [6, 6.07) is 8.48. The second-order valence-corrected chi connectivity index (χ2v) is 5.83. The molecule has 1 aliphatic heterocycles. The van der Waals surface area contributed by atoms with Gasteiger partial charge >= 0.3 is 0 Å². The van der Waals surface area contributed by atoms with Crippen LogP contribution in [0.25, 0.3) is 0 Å². The molecule has 0 bridgehead atoms. The van der Waals surface area contributed by atoms with Crippen LogP contribution in [0.4, 0.5) is 0 Å². The maximum Gasteiger partial charge on any atom is 0.0619 e. The van der Waals surface area contributed by atoms with E-state index in [1.165, 1.54) is 10.5 Å². The fourth-order valence-corrected chi connectivity index (χ4v) is 3.57. The van der Waals surface area contributed by atoms with E-state index in [-0.39, 0.29) is 6.10 Å². The van der Waals surface area contributed by atoms with Crippen LogP contribution in [0, 0.1) is 5.92 Å². The number of hydrogen-bond donors (Lipinski definition) is 1.